The first-order valence-electron chi connectivity index (χ1n) is 10.2. The van der Waals surface area contributed by atoms with E-state index in [1.807, 2.05) is 19.1 Å². The summed E-state index contributed by atoms with van der Waals surface area (Å²) in [6, 6.07) is 13.6. The Hall–Kier alpha value is -3.99. The van der Waals surface area contributed by atoms with Gasteiger partial charge in [0.05, 0.1) is 12.5 Å². The Morgan fingerprint density at radius 1 is 1.25 bits per heavy atom. The molecule has 1 aliphatic heterocycles. The molecule has 7 nitrogen and oxygen atoms in total. The van der Waals surface area contributed by atoms with Gasteiger partial charge in [0, 0.05) is 29.3 Å². The van der Waals surface area contributed by atoms with E-state index < -0.39 is 29.6 Å². The van der Waals surface area contributed by atoms with E-state index >= 15 is 0 Å². The minimum absolute atomic E-state index is 0.175. The maximum Gasteiger partial charge on any atom is 0.251 e. The van der Waals surface area contributed by atoms with Gasteiger partial charge in [-0.25, -0.2) is 4.39 Å². The lowest BCUT2D eigenvalue weighted by Crippen LogP contribution is -2.56. The average Bonchev–Trinajstić information content (AvgIpc) is 2.75. The normalized spacial score (nSPS) is 17.9. The Labute approximate surface area is 185 Å². The minimum atomic E-state index is -1.02. The van der Waals surface area contributed by atoms with Crippen LogP contribution in [0.1, 0.15) is 40.7 Å². The first-order chi connectivity index (χ1) is 15.3. The first-order valence-corrected chi connectivity index (χ1v) is 10.2. The summed E-state index contributed by atoms with van der Waals surface area (Å²) >= 11 is 0. The third-order valence-electron chi connectivity index (χ3n) is 5.18. The zero-order valence-electron chi connectivity index (χ0n) is 17.8. The molecule has 4 N–H and O–H groups in total. The Morgan fingerprint density at radius 2 is 1.97 bits per heavy atom. The summed E-state index contributed by atoms with van der Waals surface area (Å²) < 4.78 is 13.6. The summed E-state index contributed by atoms with van der Waals surface area (Å²) in [6.45, 7) is 3.72. The second kappa shape index (κ2) is 9.88. The maximum absolute atomic E-state index is 13.6. The number of rotatable bonds is 7. The molecule has 8 heteroatoms. The maximum atomic E-state index is 13.6. The van der Waals surface area contributed by atoms with E-state index in [0.717, 1.165) is 5.56 Å². The van der Waals surface area contributed by atoms with Crippen LogP contribution in [-0.4, -0.2) is 30.1 Å². The molecule has 1 aliphatic rings. The zero-order chi connectivity index (χ0) is 23.3. The quantitative estimate of drug-likeness (QED) is 0.397. The third kappa shape index (κ3) is 5.01. The van der Waals surface area contributed by atoms with Crippen molar-refractivity contribution in [3.05, 3.63) is 82.4 Å². The fraction of sp³-hybridized carbons (Fsp3) is 0.250. The molecule has 0 aliphatic carbocycles. The second-order valence-electron chi connectivity index (χ2n) is 7.59. The highest BCUT2D eigenvalue weighted by Crippen LogP contribution is 2.33. The van der Waals surface area contributed by atoms with Gasteiger partial charge in [0.1, 0.15) is 17.7 Å². The van der Waals surface area contributed by atoms with E-state index in [-0.39, 0.29) is 18.7 Å². The molecule has 0 bridgehead atoms. The predicted octanol–water partition coefficient (Wildman–Crippen LogP) is 2.90. The summed E-state index contributed by atoms with van der Waals surface area (Å²) in [4.78, 5) is 26.0. The first kappa shape index (κ1) is 22.7. The highest BCUT2D eigenvalue weighted by atomic mass is 19.1. The molecule has 0 saturated carbocycles. The second-order valence-corrected chi connectivity index (χ2v) is 7.59. The molecule has 0 aromatic heterocycles. The average molecular weight is 433 g/mol. The van der Waals surface area contributed by atoms with Gasteiger partial charge in [-0.05, 0) is 43.7 Å². The number of hydrogen-bond donors (Lipinski definition) is 4. The summed E-state index contributed by atoms with van der Waals surface area (Å²) in [7, 11) is 0. The number of nitrogens with one attached hydrogen (secondary N) is 4. The van der Waals surface area contributed by atoms with Crippen LogP contribution in [0.25, 0.3) is 0 Å². The lowest BCUT2D eigenvalue weighted by molar-refractivity contribution is -0.123. The highest BCUT2D eigenvalue weighted by Gasteiger charge is 2.40. The van der Waals surface area contributed by atoms with Gasteiger partial charge in [0.25, 0.3) is 5.91 Å². The van der Waals surface area contributed by atoms with Crippen LogP contribution in [0.15, 0.2) is 59.9 Å². The van der Waals surface area contributed by atoms with E-state index in [1.54, 1.807) is 37.3 Å². The van der Waals surface area contributed by atoms with Crippen molar-refractivity contribution in [3.63, 3.8) is 0 Å². The van der Waals surface area contributed by atoms with Crippen molar-refractivity contribution in [2.45, 2.75) is 32.2 Å². The van der Waals surface area contributed by atoms with Crippen LogP contribution >= 0.6 is 0 Å². The zero-order valence-corrected chi connectivity index (χ0v) is 17.8. The van der Waals surface area contributed by atoms with Gasteiger partial charge in [-0.3, -0.25) is 9.59 Å². The minimum Gasteiger partial charge on any atom is -0.370 e. The van der Waals surface area contributed by atoms with Crippen molar-refractivity contribution < 1.29 is 14.0 Å². The number of carbonyl (C=O) groups excluding carboxylic acids is 2. The largest absolute Gasteiger partial charge is 0.370 e. The lowest BCUT2D eigenvalue weighted by Gasteiger charge is -2.36. The molecule has 1 heterocycles. The van der Waals surface area contributed by atoms with Gasteiger partial charge in [-0.2, -0.15) is 5.26 Å². The summed E-state index contributed by atoms with van der Waals surface area (Å²) in [5.74, 6) is -1.74. The van der Waals surface area contributed by atoms with Crippen molar-refractivity contribution in [3.8, 4) is 6.07 Å². The van der Waals surface area contributed by atoms with Crippen LogP contribution in [0.2, 0.25) is 0 Å². The molecule has 0 saturated heterocycles. The Morgan fingerprint density at radius 3 is 2.59 bits per heavy atom. The third-order valence-corrected chi connectivity index (χ3v) is 5.18. The van der Waals surface area contributed by atoms with Crippen molar-refractivity contribution in [1.29, 1.82) is 10.7 Å². The van der Waals surface area contributed by atoms with Crippen molar-refractivity contribution in [2.24, 2.45) is 0 Å². The Kier molecular flexibility index (Phi) is 7.00. The number of nitriles is 1. The molecule has 2 amide bonds. The molecule has 3 rings (SSSR count). The molecule has 2 aromatic rings. The summed E-state index contributed by atoms with van der Waals surface area (Å²) in [6.07, 6.45) is 0.207. The summed E-state index contributed by atoms with van der Waals surface area (Å²) in [5.41, 5.74) is 2.53. The van der Waals surface area contributed by atoms with E-state index in [1.165, 1.54) is 12.1 Å². The molecule has 2 atom stereocenters. The van der Waals surface area contributed by atoms with E-state index in [2.05, 4.69) is 16.0 Å². The molecule has 0 fully saturated rings. The predicted molar refractivity (Wildman–Crippen MR) is 118 cm³/mol. The smallest absolute Gasteiger partial charge is 0.251 e. The number of aryl methyl sites for hydroxylation is 1. The molecule has 164 valence electrons. The van der Waals surface area contributed by atoms with Crippen molar-refractivity contribution in [1.82, 2.24) is 16.0 Å². The van der Waals surface area contributed by atoms with E-state index in [4.69, 9.17) is 10.7 Å². The number of amides is 2. The number of nitrogens with zero attached hydrogens (tertiary/aromatic N) is 1. The lowest BCUT2D eigenvalue weighted by atomic mass is 9.80. The molecular weight excluding hydrogens is 409 g/mol. The van der Waals surface area contributed by atoms with Crippen molar-refractivity contribution in [2.75, 3.05) is 6.54 Å². The molecule has 32 heavy (non-hydrogen) atoms. The highest BCUT2D eigenvalue weighted by molar-refractivity contribution is 6.04. The number of benzene rings is 2. The van der Waals surface area contributed by atoms with Gasteiger partial charge in [-0.1, -0.05) is 29.8 Å². The monoisotopic (exact) mass is 433 g/mol. The standard InChI is InChI=1S/C24H24FN5O2/c1-14-5-3-6-17(13-14)23(31)29-21-20(16-7-9-18(25)10-8-16)19(15(2)27)22(30-24(21)32)28-12-4-11-26/h3,5-10,13,20-21,27-28H,4,12H2,1-2H3,(H,29,31)(H,30,32)/t20-,21?/m0/s1. The number of halogens is 1. The van der Waals surface area contributed by atoms with Crippen molar-refractivity contribution >= 4 is 17.5 Å². The van der Waals surface area contributed by atoms with Crippen LogP contribution in [0.5, 0.6) is 0 Å². The summed E-state index contributed by atoms with van der Waals surface area (Å²) in [5, 5.41) is 25.7. The Bertz CT molecular complexity index is 1120. The fourth-order valence-corrected chi connectivity index (χ4v) is 3.73. The van der Waals surface area contributed by atoms with Gasteiger partial charge < -0.3 is 21.4 Å². The van der Waals surface area contributed by atoms with Gasteiger partial charge in [0.15, 0.2) is 0 Å². The van der Waals surface area contributed by atoms with Crippen LogP contribution in [0.3, 0.4) is 0 Å². The topological polar surface area (TPSA) is 118 Å². The molecule has 0 spiro atoms. The van der Waals surface area contributed by atoms with Crippen LogP contribution in [0, 0.1) is 29.5 Å². The van der Waals surface area contributed by atoms with Gasteiger partial charge in [-0.15, -0.1) is 0 Å². The fourth-order valence-electron chi connectivity index (χ4n) is 3.73. The Balaban J connectivity index is 2.05. The molecule has 2 aromatic carbocycles. The SMILES string of the molecule is CC(=N)C1=C(NCCC#N)NC(=O)C(NC(=O)c2cccc(C)c2)[C@H]1c1ccc(F)cc1. The van der Waals surface area contributed by atoms with E-state index in [9.17, 15) is 14.0 Å². The number of hydrogen-bond acceptors (Lipinski definition) is 5. The van der Waals surface area contributed by atoms with Crippen LogP contribution in [0.4, 0.5) is 4.39 Å². The van der Waals surface area contributed by atoms with Gasteiger partial charge in [0.2, 0.25) is 5.91 Å². The van der Waals surface area contributed by atoms with Gasteiger partial charge >= 0.3 is 0 Å². The molecule has 1 unspecified atom stereocenters. The van der Waals surface area contributed by atoms with E-state index in [0.29, 0.717) is 22.5 Å². The molecular formula is C24H24FN5O2. The molecule has 0 radical (unpaired) electrons. The number of carbonyl (C=O) groups is 2. The van der Waals surface area contributed by atoms with Crippen LogP contribution in [-0.2, 0) is 4.79 Å². The van der Waals surface area contributed by atoms with Crippen LogP contribution < -0.4 is 16.0 Å².